The van der Waals surface area contributed by atoms with E-state index in [-0.39, 0.29) is 0 Å². The Morgan fingerprint density at radius 2 is 2.25 bits per heavy atom. The topological polar surface area (TPSA) is 43.3 Å². The van der Waals surface area contributed by atoms with Gasteiger partial charge in [-0.3, -0.25) is 4.40 Å². The fourth-order valence-electron chi connectivity index (χ4n) is 2.18. The van der Waals surface area contributed by atoms with Gasteiger partial charge in [-0.2, -0.15) is 0 Å². The molecule has 1 aliphatic carbocycles. The van der Waals surface area contributed by atoms with Crippen molar-refractivity contribution in [1.82, 2.24) is 9.38 Å². The second-order valence-corrected chi connectivity index (χ2v) is 5.40. The van der Waals surface area contributed by atoms with E-state index in [2.05, 4.69) is 33.9 Å². The summed E-state index contributed by atoms with van der Waals surface area (Å²) in [5.41, 5.74) is 9.39. The maximum Gasteiger partial charge on any atom is 0.139 e. The van der Waals surface area contributed by atoms with E-state index in [4.69, 9.17) is 5.73 Å². The zero-order valence-electron chi connectivity index (χ0n) is 9.20. The zero-order valence-corrected chi connectivity index (χ0v) is 10.8. The molecule has 0 spiro atoms. The average Bonchev–Trinajstić information content (AvgIpc) is 2.44. The molecule has 4 heteroatoms. The van der Waals surface area contributed by atoms with Gasteiger partial charge in [-0.1, -0.05) is 6.42 Å². The maximum atomic E-state index is 6.15. The Morgan fingerprint density at radius 1 is 1.50 bits per heavy atom. The number of aryl methyl sites for hydroxylation is 1. The van der Waals surface area contributed by atoms with Gasteiger partial charge < -0.3 is 5.73 Å². The number of nitrogens with zero attached hydrogens (tertiary/aromatic N) is 2. The second kappa shape index (κ2) is 3.48. The first kappa shape index (κ1) is 10.1. The van der Waals surface area contributed by atoms with Gasteiger partial charge >= 0.3 is 0 Å². The molecule has 3 rings (SSSR count). The molecule has 2 N–H and O–H groups in total. The normalized spacial score (nSPS) is 16.6. The minimum absolute atomic E-state index is 0.582. The summed E-state index contributed by atoms with van der Waals surface area (Å²) in [5.74, 6) is 1.39. The van der Waals surface area contributed by atoms with Crippen LogP contribution >= 0.6 is 15.9 Å². The van der Waals surface area contributed by atoms with Crippen molar-refractivity contribution in [2.75, 3.05) is 5.73 Å². The van der Waals surface area contributed by atoms with Crippen LogP contribution in [0.15, 0.2) is 16.7 Å². The highest BCUT2D eigenvalue weighted by Crippen LogP contribution is 2.39. The SMILES string of the molecule is Cc1cc2nc(C3CCC3)c(N)n2cc1Br. The fraction of sp³-hybridized carbons (Fsp3) is 0.417. The van der Waals surface area contributed by atoms with Gasteiger partial charge in [0.1, 0.15) is 11.5 Å². The van der Waals surface area contributed by atoms with Crippen molar-refractivity contribution >= 4 is 27.4 Å². The number of nitrogen functional groups attached to an aromatic ring is 1. The minimum atomic E-state index is 0.582. The molecule has 0 bridgehead atoms. The van der Waals surface area contributed by atoms with Gasteiger partial charge in [-0.25, -0.2) is 4.98 Å². The van der Waals surface area contributed by atoms with Crippen molar-refractivity contribution in [2.45, 2.75) is 32.1 Å². The first-order valence-electron chi connectivity index (χ1n) is 5.60. The molecule has 0 saturated heterocycles. The fourth-order valence-corrected chi connectivity index (χ4v) is 2.50. The van der Waals surface area contributed by atoms with Crippen molar-refractivity contribution in [3.05, 3.63) is 28.0 Å². The van der Waals surface area contributed by atoms with Crippen molar-refractivity contribution < 1.29 is 0 Å². The lowest BCUT2D eigenvalue weighted by Gasteiger charge is -2.23. The molecule has 0 aliphatic heterocycles. The van der Waals surface area contributed by atoms with Crippen LogP contribution in [0.25, 0.3) is 5.65 Å². The van der Waals surface area contributed by atoms with Crippen LogP contribution in [0.4, 0.5) is 5.82 Å². The predicted octanol–water partition coefficient (Wildman–Crippen LogP) is 3.25. The summed E-state index contributed by atoms with van der Waals surface area (Å²) in [6.07, 6.45) is 5.78. The molecule has 1 saturated carbocycles. The van der Waals surface area contributed by atoms with E-state index in [0.717, 1.165) is 21.6 Å². The third-order valence-corrected chi connectivity index (χ3v) is 4.29. The van der Waals surface area contributed by atoms with E-state index in [1.807, 2.05) is 10.6 Å². The van der Waals surface area contributed by atoms with Crippen molar-refractivity contribution in [2.24, 2.45) is 0 Å². The Morgan fingerprint density at radius 3 is 2.88 bits per heavy atom. The number of nitrogens with two attached hydrogens (primary N) is 1. The van der Waals surface area contributed by atoms with Gasteiger partial charge in [0.25, 0.3) is 0 Å². The summed E-state index contributed by atoms with van der Waals surface area (Å²) in [4.78, 5) is 4.65. The average molecular weight is 280 g/mol. The number of aromatic nitrogens is 2. The highest BCUT2D eigenvalue weighted by Gasteiger charge is 2.25. The third kappa shape index (κ3) is 1.36. The molecule has 3 nitrogen and oxygen atoms in total. The van der Waals surface area contributed by atoms with Gasteiger partial charge in [0.15, 0.2) is 0 Å². The van der Waals surface area contributed by atoms with E-state index in [0.29, 0.717) is 5.92 Å². The number of imidazole rings is 1. The number of anilines is 1. The summed E-state index contributed by atoms with van der Waals surface area (Å²) in [5, 5.41) is 0. The molecule has 2 aromatic heterocycles. The van der Waals surface area contributed by atoms with Crippen LogP contribution in [0, 0.1) is 6.92 Å². The molecular formula is C12H14BrN3. The first-order chi connectivity index (χ1) is 7.66. The molecule has 2 aromatic rings. The first-order valence-corrected chi connectivity index (χ1v) is 6.39. The van der Waals surface area contributed by atoms with Crippen LogP contribution in [-0.4, -0.2) is 9.38 Å². The number of fused-ring (bicyclic) bond motifs is 1. The van der Waals surface area contributed by atoms with Crippen molar-refractivity contribution in [3.8, 4) is 0 Å². The Balaban J connectivity index is 2.21. The quantitative estimate of drug-likeness (QED) is 0.871. The van der Waals surface area contributed by atoms with E-state index >= 15 is 0 Å². The van der Waals surface area contributed by atoms with E-state index < -0.39 is 0 Å². The summed E-state index contributed by atoms with van der Waals surface area (Å²) in [6.45, 7) is 2.07. The molecular weight excluding hydrogens is 266 g/mol. The lowest BCUT2D eigenvalue weighted by atomic mass is 9.83. The van der Waals surface area contributed by atoms with Gasteiger partial charge in [-0.15, -0.1) is 0 Å². The van der Waals surface area contributed by atoms with Crippen LogP contribution in [0.3, 0.4) is 0 Å². The third-order valence-electron chi connectivity index (χ3n) is 3.46. The predicted molar refractivity (Wildman–Crippen MR) is 68.6 cm³/mol. The van der Waals surface area contributed by atoms with E-state index in [1.165, 1.54) is 24.8 Å². The number of hydrogen-bond donors (Lipinski definition) is 1. The molecule has 1 aliphatic rings. The molecule has 84 valence electrons. The number of hydrogen-bond acceptors (Lipinski definition) is 2. The molecule has 0 radical (unpaired) electrons. The number of rotatable bonds is 1. The molecule has 0 aromatic carbocycles. The Labute approximate surface area is 103 Å². The summed E-state index contributed by atoms with van der Waals surface area (Å²) in [7, 11) is 0. The minimum Gasteiger partial charge on any atom is -0.383 e. The second-order valence-electron chi connectivity index (χ2n) is 4.54. The maximum absolute atomic E-state index is 6.15. The van der Waals surface area contributed by atoms with Gasteiger partial charge in [0.2, 0.25) is 0 Å². The lowest BCUT2D eigenvalue weighted by molar-refractivity contribution is 0.414. The van der Waals surface area contributed by atoms with Crippen molar-refractivity contribution in [3.63, 3.8) is 0 Å². The van der Waals surface area contributed by atoms with Crippen LogP contribution in [0.5, 0.6) is 0 Å². The lowest BCUT2D eigenvalue weighted by Crippen LogP contribution is -2.11. The Kier molecular flexibility index (Phi) is 2.21. The van der Waals surface area contributed by atoms with E-state index in [1.54, 1.807) is 0 Å². The summed E-state index contributed by atoms with van der Waals surface area (Å²) in [6, 6.07) is 2.07. The monoisotopic (exact) mass is 279 g/mol. The van der Waals surface area contributed by atoms with Gasteiger partial charge in [0.05, 0.1) is 5.69 Å². The molecule has 2 heterocycles. The standard InChI is InChI=1S/C12H14BrN3/c1-7-5-10-15-11(8-3-2-4-8)12(14)16(10)6-9(7)13/h5-6,8H,2-4,14H2,1H3. The number of halogens is 1. The molecule has 0 unspecified atom stereocenters. The van der Waals surface area contributed by atoms with Crippen molar-refractivity contribution in [1.29, 1.82) is 0 Å². The van der Waals surface area contributed by atoms with Crippen LogP contribution < -0.4 is 5.73 Å². The Bertz CT molecular complexity index is 555. The highest BCUT2D eigenvalue weighted by molar-refractivity contribution is 9.10. The number of pyridine rings is 1. The Hall–Kier alpha value is -1.03. The van der Waals surface area contributed by atoms with Crippen LogP contribution in [0.1, 0.15) is 36.4 Å². The molecule has 0 amide bonds. The molecule has 0 atom stereocenters. The van der Waals surface area contributed by atoms with Gasteiger partial charge in [-0.05, 0) is 47.3 Å². The molecule has 16 heavy (non-hydrogen) atoms. The zero-order chi connectivity index (χ0) is 11.3. The summed E-state index contributed by atoms with van der Waals surface area (Å²) >= 11 is 3.52. The largest absolute Gasteiger partial charge is 0.383 e. The summed E-state index contributed by atoms with van der Waals surface area (Å²) < 4.78 is 3.05. The van der Waals surface area contributed by atoms with Crippen LogP contribution in [0.2, 0.25) is 0 Å². The van der Waals surface area contributed by atoms with Crippen LogP contribution in [-0.2, 0) is 0 Å². The van der Waals surface area contributed by atoms with E-state index in [9.17, 15) is 0 Å². The smallest absolute Gasteiger partial charge is 0.139 e. The highest BCUT2D eigenvalue weighted by atomic mass is 79.9. The molecule has 1 fully saturated rings. The van der Waals surface area contributed by atoms with Gasteiger partial charge in [0, 0.05) is 16.6 Å².